The number of hydrogen-bond donors (Lipinski definition) is 2. The third kappa shape index (κ3) is 0.858. The van der Waals surface area contributed by atoms with Crippen molar-refractivity contribution < 1.29 is 5.11 Å². The Morgan fingerprint density at radius 3 is 2.25 bits per heavy atom. The summed E-state index contributed by atoms with van der Waals surface area (Å²) in [5.41, 5.74) is -0.514. The lowest BCUT2D eigenvalue weighted by Crippen LogP contribution is -2.52. The minimum absolute atomic E-state index is 0.514. The second kappa shape index (κ2) is 1.71. The average molecular weight is 115 g/mol. The van der Waals surface area contributed by atoms with Crippen LogP contribution in [0.1, 0.15) is 19.8 Å². The van der Waals surface area contributed by atoms with Crippen molar-refractivity contribution in [2.24, 2.45) is 5.92 Å². The van der Waals surface area contributed by atoms with E-state index in [1.165, 1.54) is 0 Å². The van der Waals surface area contributed by atoms with E-state index in [0.717, 1.165) is 12.8 Å². The van der Waals surface area contributed by atoms with Crippen LogP contribution in [0.3, 0.4) is 0 Å². The fraction of sp³-hybridized carbons (Fsp3) is 1.00. The van der Waals surface area contributed by atoms with E-state index in [0.29, 0.717) is 5.92 Å². The van der Waals surface area contributed by atoms with E-state index in [9.17, 15) is 5.11 Å². The van der Waals surface area contributed by atoms with Gasteiger partial charge >= 0.3 is 0 Å². The van der Waals surface area contributed by atoms with Crippen molar-refractivity contribution in [2.45, 2.75) is 25.5 Å². The van der Waals surface area contributed by atoms with Gasteiger partial charge in [-0.1, -0.05) is 6.92 Å². The molecule has 1 fully saturated rings. The summed E-state index contributed by atoms with van der Waals surface area (Å²) in [5.74, 6) is 0.701. The molecule has 2 nitrogen and oxygen atoms in total. The van der Waals surface area contributed by atoms with Crippen LogP contribution in [0.25, 0.3) is 0 Å². The van der Waals surface area contributed by atoms with Gasteiger partial charge in [0, 0.05) is 0 Å². The summed E-state index contributed by atoms with van der Waals surface area (Å²) >= 11 is 0. The van der Waals surface area contributed by atoms with Gasteiger partial charge in [-0.3, -0.25) is 5.32 Å². The SMILES string of the molecule is CNC1(O)CC(C)C1. The van der Waals surface area contributed by atoms with Crippen molar-refractivity contribution >= 4 is 0 Å². The molecule has 2 N–H and O–H groups in total. The fourth-order valence-corrected chi connectivity index (χ4v) is 1.30. The highest BCUT2D eigenvalue weighted by atomic mass is 16.3. The van der Waals surface area contributed by atoms with Gasteiger partial charge in [0.05, 0.1) is 0 Å². The highest BCUT2D eigenvalue weighted by Gasteiger charge is 2.38. The van der Waals surface area contributed by atoms with E-state index in [4.69, 9.17) is 0 Å². The molecule has 0 unspecified atom stereocenters. The third-order valence-corrected chi connectivity index (χ3v) is 1.84. The molecule has 1 rings (SSSR count). The number of aliphatic hydroxyl groups is 1. The lowest BCUT2D eigenvalue weighted by atomic mass is 9.78. The molecule has 0 aliphatic heterocycles. The van der Waals surface area contributed by atoms with Gasteiger partial charge in [0.2, 0.25) is 0 Å². The molecule has 48 valence electrons. The molecule has 0 aromatic heterocycles. The van der Waals surface area contributed by atoms with Gasteiger partial charge in [-0.05, 0) is 25.8 Å². The smallest absolute Gasteiger partial charge is 0.116 e. The zero-order valence-electron chi connectivity index (χ0n) is 5.44. The molecule has 2 heteroatoms. The van der Waals surface area contributed by atoms with Crippen LogP contribution in [0, 0.1) is 5.92 Å². The van der Waals surface area contributed by atoms with E-state index in [-0.39, 0.29) is 0 Å². The summed E-state index contributed by atoms with van der Waals surface area (Å²) in [6, 6.07) is 0. The molecular weight excluding hydrogens is 102 g/mol. The monoisotopic (exact) mass is 115 g/mol. The van der Waals surface area contributed by atoms with Gasteiger partial charge in [-0.25, -0.2) is 0 Å². The maximum absolute atomic E-state index is 9.28. The minimum atomic E-state index is -0.514. The van der Waals surface area contributed by atoms with Crippen molar-refractivity contribution in [1.82, 2.24) is 5.32 Å². The molecule has 0 radical (unpaired) electrons. The largest absolute Gasteiger partial charge is 0.376 e. The summed E-state index contributed by atoms with van der Waals surface area (Å²) in [5, 5.41) is 12.1. The molecule has 0 aromatic rings. The molecular formula is C6H13NO. The predicted molar refractivity (Wildman–Crippen MR) is 32.4 cm³/mol. The maximum Gasteiger partial charge on any atom is 0.116 e. The molecule has 1 aliphatic rings. The number of hydrogen-bond acceptors (Lipinski definition) is 2. The quantitative estimate of drug-likeness (QED) is 0.482. The Bertz CT molecular complexity index is 86.5. The molecule has 1 aliphatic carbocycles. The summed E-state index contributed by atoms with van der Waals surface area (Å²) in [7, 11) is 1.80. The Morgan fingerprint density at radius 1 is 1.62 bits per heavy atom. The molecule has 0 heterocycles. The number of nitrogens with one attached hydrogen (secondary N) is 1. The first-order chi connectivity index (χ1) is 3.66. The van der Waals surface area contributed by atoms with Crippen LogP contribution in [-0.2, 0) is 0 Å². The van der Waals surface area contributed by atoms with Crippen LogP contribution in [0.4, 0.5) is 0 Å². The van der Waals surface area contributed by atoms with Crippen molar-refractivity contribution in [3.8, 4) is 0 Å². The van der Waals surface area contributed by atoms with Crippen LogP contribution in [0.15, 0.2) is 0 Å². The molecule has 0 amide bonds. The number of rotatable bonds is 1. The first-order valence-electron chi connectivity index (χ1n) is 3.07. The Labute approximate surface area is 49.9 Å². The Kier molecular flexibility index (Phi) is 1.29. The molecule has 0 bridgehead atoms. The highest BCUT2D eigenvalue weighted by molar-refractivity contribution is 4.88. The Morgan fingerprint density at radius 2 is 2.12 bits per heavy atom. The summed E-state index contributed by atoms with van der Waals surface area (Å²) < 4.78 is 0. The van der Waals surface area contributed by atoms with Crippen LogP contribution in [-0.4, -0.2) is 17.9 Å². The fourth-order valence-electron chi connectivity index (χ4n) is 1.30. The van der Waals surface area contributed by atoms with Gasteiger partial charge < -0.3 is 5.11 Å². The van der Waals surface area contributed by atoms with Gasteiger partial charge in [-0.15, -0.1) is 0 Å². The molecule has 0 spiro atoms. The van der Waals surface area contributed by atoms with E-state index < -0.39 is 5.72 Å². The maximum atomic E-state index is 9.28. The van der Waals surface area contributed by atoms with E-state index >= 15 is 0 Å². The van der Waals surface area contributed by atoms with Crippen LogP contribution in [0.5, 0.6) is 0 Å². The molecule has 0 atom stereocenters. The third-order valence-electron chi connectivity index (χ3n) is 1.84. The molecule has 0 aromatic carbocycles. The van der Waals surface area contributed by atoms with Gasteiger partial charge in [-0.2, -0.15) is 0 Å². The normalized spacial score (nSPS) is 46.1. The summed E-state index contributed by atoms with van der Waals surface area (Å²) in [6.07, 6.45) is 1.81. The zero-order valence-corrected chi connectivity index (χ0v) is 5.44. The second-order valence-corrected chi connectivity index (χ2v) is 2.80. The Hall–Kier alpha value is -0.0800. The second-order valence-electron chi connectivity index (χ2n) is 2.80. The van der Waals surface area contributed by atoms with E-state index in [1.807, 2.05) is 0 Å². The molecule has 8 heavy (non-hydrogen) atoms. The van der Waals surface area contributed by atoms with Gasteiger partial charge in [0.25, 0.3) is 0 Å². The highest BCUT2D eigenvalue weighted by Crippen LogP contribution is 2.34. The van der Waals surface area contributed by atoms with Crippen molar-refractivity contribution in [3.63, 3.8) is 0 Å². The van der Waals surface area contributed by atoms with Crippen molar-refractivity contribution in [1.29, 1.82) is 0 Å². The molecule has 1 saturated carbocycles. The first kappa shape index (κ1) is 6.05. The summed E-state index contributed by atoms with van der Waals surface area (Å²) in [6.45, 7) is 2.14. The topological polar surface area (TPSA) is 32.3 Å². The van der Waals surface area contributed by atoms with Crippen LogP contribution in [0.2, 0.25) is 0 Å². The zero-order chi connectivity index (χ0) is 6.20. The van der Waals surface area contributed by atoms with Gasteiger partial charge in [0.1, 0.15) is 5.72 Å². The van der Waals surface area contributed by atoms with E-state index in [1.54, 1.807) is 7.05 Å². The van der Waals surface area contributed by atoms with E-state index in [2.05, 4.69) is 12.2 Å². The van der Waals surface area contributed by atoms with Crippen LogP contribution < -0.4 is 5.32 Å². The predicted octanol–water partition coefficient (Wildman–Crippen LogP) is 0.324. The summed E-state index contributed by atoms with van der Waals surface area (Å²) in [4.78, 5) is 0. The van der Waals surface area contributed by atoms with Crippen molar-refractivity contribution in [3.05, 3.63) is 0 Å². The minimum Gasteiger partial charge on any atom is -0.376 e. The first-order valence-corrected chi connectivity index (χ1v) is 3.07. The lowest BCUT2D eigenvalue weighted by Gasteiger charge is -2.41. The van der Waals surface area contributed by atoms with Crippen molar-refractivity contribution in [2.75, 3.05) is 7.05 Å². The lowest BCUT2D eigenvalue weighted by molar-refractivity contribution is -0.0894. The standard InChI is InChI=1S/C6H13NO/c1-5-3-6(8,4-5)7-2/h5,7-8H,3-4H2,1-2H3. The van der Waals surface area contributed by atoms with Gasteiger partial charge in [0.15, 0.2) is 0 Å². The van der Waals surface area contributed by atoms with Crippen LogP contribution >= 0.6 is 0 Å². The Balaban J connectivity index is 2.30. The molecule has 0 saturated heterocycles. The average Bonchev–Trinajstić information content (AvgIpc) is 1.63.